The lowest BCUT2D eigenvalue weighted by Gasteiger charge is -2.39. The van der Waals surface area contributed by atoms with E-state index in [-0.39, 0.29) is 11.3 Å². The third-order valence-corrected chi connectivity index (χ3v) is 4.51. The second-order valence-electron chi connectivity index (χ2n) is 6.60. The Morgan fingerprint density at radius 2 is 1.80 bits per heavy atom. The molecular formula is C18H19NO11. The number of hydrogen-bond acceptors (Lipinski definition) is 9. The lowest BCUT2D eigenvalue weighted by molar-refractivity contribution is -0.278. The van der Waals surface area contributed by atoms with E-state index in [1.54, 1.807) is 0 Å². The van der Waals surface area contributed by atoms with Crippen LogP contribution < -0.4 is 4.74 Å². The molecule has 5 atom stereocenters. The topological polar surface area (TPSA) is 196 Å². The Balaban J connectivity index is 1.71. The molecule has 162 valence electrons. The number of aromatic carboxylic acids is 1. The fourth-order valence-corrected chi connectivity index (χ4v) is 2.99. The lowest BCUT2D eigenvalue weighted by Crippen LogP contribution is -2.60. The van der Waals surface area contributed by atoms with Crippen LogP contribution in [0.25, 0.3) is 10.9 Å². The first-order valence-electron chi connectivity index (χ1n) is 8.75. The lowest BCUT2D eigenvalue weighted by atomic mass is 9.99. The Hall–Kier alpha value is -3.19. The normalized spacial score (nSPS) is 26.3. The largest absolute Gasteiger partial charge is 0.481 e. The highest BCUT2D eigenvalue weighted by Crippen LogP contribution is 2.28. The summed E-state index contributed by atoms with van der Waals surface area (Å²) >= 11 is 0. The van der Waals surface area contributed by atoms with Crippen molar-refractivity contribution in [1.29, 1.82) is 0 Å². The predicted octanol–water partition coefficient (Wildman–Crippen LogP) is -0.930. The maximum Gasteiger partial charge on any atom is 0.337 e. The van der Waals surface area contributed by atoms with Crippen LogP contribution in [0.1, 0.15) is 16.8 Å². The van der Waals surface area contributed by atoms with Gasteiger partial charge in [0, 0.05) is 23.2 Å². The van der Waals surface area contributed by atoms with Gasteiger partial charge in [0.25, 0.3) is 0 Å². The minimum Gasteiger partial charge on any atom is -0.481 e. The van der Waals surface area contributed by atoms with Gasteiger partial charge in [0.05, 0.1) is 5.56 Å². The fraction of sp³-hybridized carbons (Fsp3) is 0.389. The Bertz CT molecular complexity index is 955. The molecule has 2 heterocycles. The number of H-pyrrole nitrogens is 1. The van der Waals surface area contributed by atoms with Gasteiger partial charge in [0.2, 0.25) is 6.29 Å². The monoisotopic (exact) mass is 425 g/mol. The minimum absolute atomic E-state index is 0.0623. The number of aliphatic hydroxyl groups is 3. The van der Waals surface area contributed by atoms with Crippen LogP contribution >= 0.6 is 0 Å². The fourth-order valence-electron chi connectivity index (χ4n) is 2.99. The van der Waals surface area contributed by atoms with Crippen LogP contribution in [0.15, 0.2) is 24.4 Å². The molecule has 2 aromatic rings. The second kappa shape index (κ2) is 8.67. The van der Waals surface area contributed by atoms with Crippen LogP contribution in [0.4, 0.5) is 0 Å². The van der Waals surface area contributed by atoms with Gasteiger partial charge >= 0.3 is 17.9 Å². The minimum atomic E-state index is -1.69. The van der Waals surface area contributed by atoms with Gasteiger partial charge < -0.3 is 44.7 Å². The van der Waals surface area contributed by atoms with E-state index in [4.69, 9.17) is 24.4 Å². The first-order chi connectivity index (χ1) is 14.2. The van der Waals surface area contributed by atoms with E-state index in [2.05, 4.69) is 4.98 Å². The number of aromatic nitrogens is 1. The van der Waals surface area contributed by atoms with Crippen LogP contribution in [-0.4, -0.2) is 85.7 Å². The summed E-state index contributed by atoms with van der Waals surface area (Å²) in [6.07, 6.45) is -7.30. The van der Waals surface area contributed by atoms with Gasteiger partial charge in [0.1, 0.15) is 43.2 Å². The molecule has 12 nitrogen and oxygen atoms in total. The molecular weight excluding hydrogens is 406 g/mol. The molecule has 3 rings (SSSR count). The number of carbonyl (C=O) groups is 3. The molecule has 1 aliphatic rings. The standard InChI is InChI=1S/C18H19NO11/c20-12(21)4-13(22)28-6-11-14(23)15(24)16(25)18(30-11)29-7-1-2-8-9(17(26)27)5-19-10(8)3-7/h1-3,5,11,14-16,18-19,23-25H,4,6H2,(H,20,21)(H,26,27)/t11-,14+,15+,16-,18-/m1/s1. The van der Waals surface area contributed by atoms with Gasteiger partial charge in [-0.2, -0.15) is 0 Å². The van der Waals surface area contributed by atoms with Crippen molar-refractivity contribution in [2.45, 2.75) is 37.1 Å². The summed E-state index contributed by atoms with van der Waals surface area (Å²) in [5, 5.41) is 48.3. The number of nitrogens with one attached hydrogen (secondary N) is 1. The first kappa shape index (κ1) is 21.5. The Labute approximate surface area is 168 Å². The number of carboxylic acid groups (broad SMARTS) is 2. The average molecular weight is 425 g/mol. The molecule has 0 aliphatic carbocycles. The van der Waals surface area contributed by atoms with E-state index in [1.165, 1.54) is 24.4 Å². The molecule has 0 radical (unpaired) electrons. The second-order valence-corrected chi connectivity index (χ2v) is 6.60. The van der Waals surface area contributed by atoms with Gasteiger partial charge in [-0.15, -0.1) is 0 Å². The number of hydrogen-bond donors (Lipinski definition) is 6. The summed E-state index contributed by atoms with van der Waals surface area (Å²) in [7, 11) is 0. The van der Waals surface area contributed by atoms with Crippen molar-refractivity contribution in [2.75, 3.05) is 6.61 Å². The number of fused-ring (bicyclic) bond motifs is 1. The Morgan fingerprint density at radius 3 is 2.47 bits per heavy atom. The number of esters is 1. The maximum absolute atomic E-state index is 11.4. The summed E-state index contributed by atoms with van der Waals surface area (Å²) in [6.45, 7) is -0.575. The first-order valence-corrected chi connectivity index (χ1v) is 8.75. The van der Waals surface area contributed by atoms with Crippen molar-refractivity contribution in [2.24, 2.45) is 0 Å². The van der Waals surface area contributed by atoms with E-state index in [0.29, 0.717) is 10.9 Å². The number of aliphatic carboxylic acids is 1. The molecule has 30 heavy (non-hydrogen) atoms. The maximum atomic E-state index is 11.4. The van der Waals surface area contributed by atoms with Crippen molar-refractivity contribution >= 4 is 28.8 Å². The van der Waals surface area contributed by atoms with Gasteiger partial charge in [-0.25, -0.2) is 4.79 Å². The zero-order valence-corrected chi connectivity index (χ0v) is 15.3. The van der Waals surface area contributed by atoms with Crippen LogP contribution in [0.3, 0.4) is 0 Å². The summed E-state index contributed by atoms with van der Waals surface area (Å²) in [4.78, 5) is 35.8. The number of carbonyl (C=O) groups excluding carboxylic acids is 1. The molecule has 1 aliphatic heterocycles. The summed E-state index contributed by atoms with van der Waals surface area (Å²) in [6, 6.07) is 4.37. The van der Waals surface area contributed by atoms with Gasteiger partial charge in [-0.05, 0) is 12.1 Å². The summed E-state index contributed by atoms with van der Waals surface area (Å²) in [5.74, 6) is -3.41. The van der Waals surface area contributed by atoms with E-state index in [9.17, 15) is 29.7 Å². The Kier molecular flexibility index (Phi) is 6.22. The number of aromatic amines is 1. The van der Waals surface area contributed by atoms with Gasteiger partial charge in [-0.1, -0.05) is 0 Å². The molecule has 1 fully saturated rings. The Morgan fingerprint density at radius 1 is 1.07 bits per heavy atom. The summed E-state index contributed by atoms with van der Waals surface area (Å²) in [5.41, 5.74) is 0.502. The van der Waals surface area contributed by atoms with Crippen LogP contribution in [0.5, 0.6) is 5.75 Å². The highest BCUT2D eigenvalue weighted by atomic mass is 16.7. The molecule has 6 N–H and O–H groups in total. The van der Waals surface area contributed by atoms with Crippen LogP contribution in [0.2, 0.25) is 0 Å². The SMILES string of the molecule is O=C(O)CC(=O)OC[C@H]1O[C@@H](Oc2ccc3c(C(=O)O)c[nH]c3c2)[C@H](O)[C@@H](O)[C@H]1O. The molecule has 1 aromatic carbocycles. The molecule has 1 saturated heterocycles. The van der Waals surface area contributed by atoms with Crippen molar-refractivity contribution in [1.82, 2.24) is 4.98 Å². The highest BCUT2D eigenvalue weighted by Gasteiger charge is 2.45. The molecule has 12 heteroatoms. The number of rotatable bonds is 7. The smallest absolute Gasteiger partial charge is 0.337 e. The quantitative estimate of drug-likeness (QED) is 0.237. The van der Waals surface area contributed by atoms with Gasteiger partial charge in [-0.3, -0.25) is 9.59 Å². The zero-order valence-electron chi connectivity index (χ0n) is 15.3. The molecule has 0 spiro atoms. The zero-order chi connectivity index (χ0) is 22.0. The number of benzene rings is 1. The third kappa shape index (κ3) is 4.52. The van der Waals surface area contributed by atoms with E-state index in [0.717, 1.165) is 0 Å². The van der Waals surface area contributed by atoms with E-state index < -0.39 is 61.6 Å². The molecule has 0 bridgehead atoms. The number of ether oxygens (including phenoxy) is 3. The molecule has 1 aromatic heterocycles. The number of carboxylic acids is 2. The summed E-state index contributed by atoms with van der Waals surface area (Å²) < 4.78 is 15.6. The average Bonchev–Trinajstić information content (AvgIpc) is 3.10. The van der Waals surface area contributed by atoms with Crippen LogP contribution in [-0.2, 0) is 19.1 Å². The number of aliphatic hydroxyl groups excluding tert-OH is 3. The van der Waals surface area contributed by atoms with Crippen molar-refractivity contribution in [3.05, 3.63) is 30.0 Å². The third-order valence-electron chi connectivity index (χ3n) is 4.51. The predicted molar refractivity (Wildman–Crippen MR) is 95.8 cm³/mol. The van der Waals surface area contributed by atoms with Crippen molar-refractivity contribution in [3.8, 4) is 5.75 Å². The van der Waals surface area contributed by atoms with Gasteiger partial charge in [0.15, 0.2) is 0 Å². The van der Waals surface area contributed by atoms with Crippen LogP contribution in [0, 0.1) is 0 Å². The molecule has 0 unspecified atom stereocenters. The van der Waals surface area contributed by atoms with Crippen molar-refractivity contribution < 1.29 is 54.1 Å². The van der Waals surface area contributed by atoms with Crippen molar-refractivity contribution in [3.63, 3.8) is 0 Å². The van der Waals surface area contributed by atoms with E-state index >= 15 is 0 Å². The highest BCUT2D eigenvalue weighted by molar-refractivity contribution is 6.03. The van der Waals surface area contributed by atoms with E-state index in [1.807, 2.05) is 0 Å². The molecule has 0 saturated carbocycles. The molecule has 0 amide bonds.